The van der Waals surface area contributed by atoms with E-state index in [-0.39, 0.29) is 11.4 Å². The lowest BCUT2D eigenvalue weighted by atomic mass is 10.1. The molecular weight excluding hydrogens is 554 g/mol. The minimum Gasteiger partial charge on any atom is -0.494 e. The van der Waals surface area contributed by atoms with E-state index in [4.69, 9.17) is 14.6 Å². The number of hydrogen-bond acceptors (Lipinski definition) is 8. The first-order chi connectivity index (χ1) is 20.4. The molecule has 10 nitrogen and oxygen atoms in total. The van der Waals surface area contributed by atoms with Gasteiger partial charge in [-0.2, -0.15) is 0 Å². The highest BCUT2D eigenvalue weighted by atomic mass is 32.2. The van der Waals surface area contributed by atoms with Gasteiger partial charge in [0.05, 0.1) is 17.2 Å². The zero-order valence-electron chi connectivity index (χ0n) is 23.4. The van der Waals surface area contributed by atoms with E-state index >= 15 is 0 Å². The molecule has 220 valence electrons. The molecule has 0 spiro atoms. The van der Waals surface area contributed by atoms with E-state index < -0.39 is 10.0 Å². The average Bonchev–Trinajstić information content (AvgIpc) is 3.51. The van der Waals surface area contributed by atoms with Crippen LogP contribution in [0.15, 0.2) is 90.1 Å². The molecule has 0 saturated carbocycles. The number of carbonyl (C=O) groups is 1. The molecule has 1 saturated heterocycles. The summed E-state index contributed by atoms with van der Waals surface area (Å²) < 4.78 is 33.8. The highest BCUT2D eigenvalue weighted by molar-refractivity contribution is 7.92. The van der Waals surface area contributed by atoms with Crippen LogP contribution in [0.4, 0.5) is 17.2 Å². The Kier molecular flexibility index (Phi) is 10.8. The summed E-state index contributed by atoms with van der Waals surface area (Å²) in [5.74, 6) is 1.49. The molecule has 1 aromatic heterocycles. The Morgan fingerprint density at radius 2 is 1.57 bits per heavy atom. The van der Waals surface area contributed by atoms with E-state index in [1.807, 2.05) is 37.3 Å². The zero-order valence-corrected chi connectivity index (χ0v) is 24.3. The molecule has 1 fully saturated rings. The second kappa shape index (κ2) is 14.9. The van der Waals surface area contributed by atoms with Gasteiger partial charge < -0.3 is 20.1 Å². The van der Waals surface area contributed by atoms with Crippen molar-refractivity contribution in [1.29, 1.82) is 0 Å². The number of rotatable bonds is 11. The number of sulfonamides is 1. The van der Waals surface area contributed by atoms with Crippen LogP contribution in [0, 0.1) is 6.92 Å². The van der Waals surface area contributed by atoms with Gasteiger partial charge in [0, 0.05) is 29.5 Å². The van der Waals surface area contributed by atoms with Gasteiger partial charge in [-0.1, -0.05) is 17.7 Å². The Hall–Kier alpha value is -4.48. The van der Waals surface area contributed by atoms with Crippen LogP contribution < -0.4 is 14.8 Å². The first kappa shape index (κ1) is 30.5. The standard InChI is InChI=1S/C30H33N5O3S.CH2O2/c1-23-5-15-28(16-6-23)39(36,37)34-26-11-9-25(10-12-26)33-30-21-29(31-22-32-30)24-7-13-27(14-8-24)38-20-4-19-35-17-2-3-18-35;2-1-3/h5-16,21-22,34H,2-4,17-20H2,1H3,(H,31,32,33);1H,(H,2,3). The zero-order chi connectivity index (χ0) is 29.8. The molecule has 0 atom stereocenters. The number of carboxylic acid groups (broad SMARTS) is 1. The SMILES string of the molecule is Cc1ccc(S(=O)(=O)Nc2ccc(Nc3cc(-c4ccc(OCCCN5CCCC5)cc4)ncn3)cc2)cc1.O=CO. The largest absolute Gasteiger partial charge is 0.494 e. The quantitative estimate of drug-likeness (QED) is 0.152. The van der Waals surface area contributed by atoms with Crippen LogP contribution in [0.3, 0.4) is 0 Å². The molecule has 0 unspecified atom stereocenters. The van der Waals surface area contributed by atoms with Crippen LogP contribution in [-0.2, 0) is 14.8 Å². The summed E-state index contributed by atoms with van der Waals surface area (Å²) in [7, 11) is -3.65. The maximum Gasteiger partial charge on any atom is 0.290 e. The topological polar surface area (TPSA) is 134 Å². The second-order valence-electron chi connectivity index (χ2n) is 9.79. The molecule has 2 heterocycles. The number of benzene rings is 3. The summed E-state index contributed by atoms with van der Waals surface area (Å²) >= 11 is 0. The van der Waals surface area contributed by atoms with Gasteiger partial charge in [0.25, 0.3) is 16.5 Å². The van der Waals surface area contributed by atoms with Crippen molar-refractivity contribution >= 4 is 33.7 Å². The molecule has 5 rings (SSSR count). The molecule has 11 heteroatoms. The van der Waals surface area contributed by atoms with Gasteiger partial charge in [0.15, 0.2) is 0 Å². The smallest absolute Gasteiger partial charge is 0.290 e. The van der Waals surface area contributed by atoms with Crippen molar-refractivity contribution in [2.24, 2.45) is 0 Å². The lowest BCUT2D eigenvalue weighted by Crippen LogP contribution is -2.21. The predicted octanol–water partition coefficient (Wildman–Crippen LogP) is 5.56. The Morgan fingerprint density at radius 1 is 0.929 bits per heavy atom. The normalized spacial score (nSPS) is 13.1. The van der Waals surface area contributed by atoms with E-state index in [0.717, 1.165) is 41.2 Å². The first-order valence-corrected chi connectivity index (χ1v) is 15.2. The summed E-state index contributed by atoms with van der Waals surface area (Å²) in [4.78, 5) is 19.8. The van der Waals surface area contributed by atoms with Crippen LogP contribution >= 0.6 is 0 Å². The second-order valence-corrected chi connectivity index (χ2v) is 11.5. The average molecular weight is 590 g/mol. The maximum atomic E-state index is 12.6. The number of anilines is 3. The van der Waals surface area contributed by atoms with Gasteiger partial charge in [-0.25, -0.2) is 18.4 Å². The van der Waals surface area contributed by atoms with Crippen LogP contribution in [0.2, 0.25) is 0 Å². The molecule has 0 radical (unpaired) electrons. The fraction of sp³-hybridized carbons (Fsp3) is 0.258. The highest BCUT2D eigenvalue weighted by Gasteiger charge is 2.14. The Balaban J connectivity index is 0.00000129. The number of nitrogens with one attached hydrogen (secondary N) is 2. The number of likely N-dealkylation sites (tertiary alicyclic amines) is 1. The van der Waals surface area contributed by atoms with E-state index in [1.54, 1.807) is 48.5 Å². The van der Waals surface area contributed by atoms with Crippen molar-refractivity contribution in [3.05, 3.63) is 90.8 Å². The minimum absolute atomic E-state index is 0.223. The summed E-state index contributed by atoms with van der Waals surface area (Å²) in [6, 6.07) is 23.6. The van der Waals surface area contributed by atoms with Crippen molar-refractivity contribution < 1.29 is 23.1 Å². The van der Waals surface area contributed by atoms with Gasteiger partial charge in [-0.05, 0) is 99.9 Å². The lowest BCUT2D eigenvalue weighted by Gasteiger charge is -2.14. The molecular formula is C31H35N5O5S. The Labute approximate surface area is 246 Å². The van der Waals surface area contributed by atoms with Crippen LogP contribution in [0.25, 0.3) is 11.3 Å². The monoisotopic (exact) mass is 589 g/mol. The summed E-state index contributed by atoms with van der Waals surface area (Å²) in [6.45, 7) is 5.90. The van der Waals surface area contributed by atoms with Crippen molar-refractivity contribution in [3.63, 3.8) is 0 Å². The van der Waals surface area contributed by atoms with Gasteiger partial charge in [0.1, 0.15) is 17.9 Å². The van der Waals surface area contributed by atoms with Crippen molar-refractivity contribution in [2.45, 2.75) is 31.1 Å². The minimum atomic E-state index is -3.65. The van der Waals surface area contributed by atoms with E-state index in [1.165, 1.54) is 32.3 Å². The number of nitrogens with zero attached hydrogens (tertiary/aromatic N) is 3. The van der Waals surface area contributed by atoms with Crippen LogP contribution in [0.5, 0.6) is 5.75 Å². The molecule has 1 aliphatic heterocycles. The van der Waals surface area contributed by atoms with E-state index in [9.17, 15) is 8.42 Å². The number of aryl methyl sites for hydroxylation is 1. The molecule has 0 amide bonds. The molecule has 3 N–H and O–H groups in total. The molecule has 1 aliphatic rings. The number of aromatic nitrogens is 2. The van der Waals surface area contributed by atoms with Crippen molar-refractivity contribution in [1.82, 2.24) is 14.9 Å². The van der Waals surface area contributed by atoms with Crippen LogP contribution in [0.1, 0.15) is 24.8 Å². The first-order valence-electron chi connectivity index (χ1n) is 13.7. The summed E-state index contributed by atoms with van der Waals surface area (Å²) in [6.07, 6.45) is 5.17. The molecule has 42 heavy (non-hydrogen) atoms. The van der Waals surface area contributed by atoms with Crippen molar-refractivity contribution in [3.8, 4) is 17.0 Å². The Bertz CT molecular complexity index is 1520. The number of hydrogen-bond donors (Lipinski definition) is 3. The summed E-state index contributed by atoms with van der Waals surface area (Å²) in [5, 5.41) is 10.1. The highest BCUT2D eigenvalue weighted by Crippen LogP contribution is 2.25. The van der Waals surface area contributed by atoms with E-state index in [0.29, 0.717) is 18.1 Å². The van der Waals surface area contributed by atoms with Crippen molar-refractivity contribution in [2.75, 3.05) is 36.3 Å². The predicted molar refractivity (Wildman–Crippen MR) is 164 cm³/mol. The van der Waals surface area contributed by atoms with Gasteiger partial charge in [-0.15, -0.1) is 0 Å². The third-order valence-electron chi connectivity index (χ3n) is 6.64. The maximum absolute atomic E-state index is 12.6. The summed E-state index contributed by atoms with van der Waals surface area (Å²) in [5.41, 5.74) is 4.00. The molecule has 4 aromatic rings. The fourth-order valence-electron chi connectivity index (χ4n) is 4.49. The molecule has 0 aliphatic carbocycles. The lowest BCUT2D eigenvalue weighted by molar-refractivity contribution is -0.122. The molecule has 0 bridgehead atoms. The fourth-order valence-corrected chi connectivity index (χ4v) is 5.55. The Morgan fingerprint density at radius 3 is 2.24 bits per heavy atom. The number of ether oxygens (including phenoxy) is 1. The van der Waals surface area contributed by atoms with Gasteiger partial charge in [0.2, 0.25) is 0 Å². The van der Waals surface area contributed by atoms with Gasteiger partial charge in [-0.3, -0.25) is 9.52 Å². The third-order valence-corrected chi connectivity index (χ3v) is 8.04. The molecule has 3 aromatic carbocycles. The third kappa shape index (κ3) is 9.02. The van der Waals surface area contributed by atoms with E-state index in [2.05, 4.69) is 24.9 Å². The van der Waals surface area contributed by atoms with Gasteiger partial charge >= 0.3 is 0 Å². The van der Waals surface area contributed by atoms with Crippen LogP contribution in [-0.4, -0.2) is 61.1 Å².